The van der Waals surface area contributed by atoms with Crippen LogP contribution >= 0.6 is 0 Å². The number of amides is 1. The Bertz CT molecular complexity index is 664. The topological polar surface area (TPSA) is 54.0 Å². The molecule has 0 bridgehead atoms. The highest BCUT2D eigenvalue weighted by atomic mass is 16.1. The predicted octanol–water partition coefficient (Wildman–Crippen LogP) is 2.45. The summed E-state index contributed by atoms with van der Waals surface area (Å²) < 4.78 is 0. The van der Waals surface area contributed by atoms with Crippen LogP contribution in [0.3, 0.4) is 0 Å². The fourth-order valence-electron chi connectivity index (χ4n) is 2.42. The molecule has 3 rings (SSSR count). The third-order valence-corrected chi connectivity index (χ3v) is 4.04. The number of fused-ring (bicyclic) bond motifs is 1. The van der Waals surface area contributed by atoms with Crippen molar-refractivity contribution >= 4 is 16.8 Å². The Labute approximate surface area is 125 Å². The number of hydrogen-bond donors (Lipinski definition) is 2. The molecule has 1 fully saturated rings. The van der Waals surface area contributed by atoms with E-state index in [-0.39, 0.29) is 11.9 Å². The second-order valence-electron chi connectivity index (χ2n) is 5.79. The Hall–Kier alpha value is -1.94. The molecule has 0 spiro atoms. The van der Waals surface area contributed by atoms with Gasteiger partial charge in [0.2, 0.25) is 0 Å². The lowest BCUT2D eigenvalue weighted by atomic mass is 10.1. The van der Waals surface area contributed by atoms with Gasteiger partial charge in [0.25, 0.3) is 5.91 Å². The van der Waals surface area contributed by atoms with E-state index in [0.29, 0.717) is 12.5 Å². The summed E-state index contributed by atoms with van der Waals surface area (Å²) in [4.78, 5) is 17.2. The molecule has 1 heterocycles. The number of benzene rings is 1. The fraction of sp³-hybridized carbons (Fsp3) is 0.412. The minimum atomic E-state index is -0.0161. The molecule has 0 aliphatic heterocycles. The summed E-state index contributed by atoms with van der Waals surface area (Å²) in [6.45, 7) is 2.66. The first kappa shape index (κ1) is 14.0. The SMILES string of the molecule is CNC(C)CNC(=O)c1cc(C2CC2)nc2ccccc12. The fourth-order valence-corrected chi connectivity index (χ4v) is 2.42. The lowest BCUT2D eigenvalue weighted by Crippen LogP contribution is -2.37. The van der Waals surface area contributed by atoms with Gasteiger partial charge in [0.05, 0.1) is 11.1 Å². The number of nitrogens with zero attached hydrogens (tertiary/aromatic N) is 1. The summed E-state index contributed by atoms with van der Waals surface area (Å²) in [7, 11) is 1.89. The van der Waals surface area contributed by atoms with Crippen molar-refractivity contribution in [1.82, 2.24) is 15.6 Å². The Balaban J connectivity index is 1.93. The molecule has 0 radical (unpaired) electrons. The van der Waals surface area contributed by atoms with E-state index >= 15 is 0 Å². The van der Waals surface area contributed by atoms with E-state index in [4.69, 9.17) is 4.98 Å². The molecule has 110 valence electrons. The van der Waals surface area contributed by atoms with Crippen molar-refractivity contribution in [2.45, 2.75) is 31.7 Å². The number of pyridine rings is 1. The van der Waals surface area contributed by atoms with Gasteiger partial charge in [-0.2, -0.15) is 0 Å². The lowest BCUT2D eigenvalue weighted by Gasteiger charge is -2.13. The molecule has 4 nitrogen and oxygen atoms in total. The molecule has 0 saturated heterocycles. The Kier molecular flexibility index (Phi) is 3.88. The summed E-state index contributed by atoms with van der Waals surface area (Å²) in [6, 6.07) is 10.1. The molecule has 1 amide bonds. The number of aromatic nitrogens is 1. The zero-order valence-electron chi connectivity index (χ0n) is 12.5. The summed E-state index contributed by atoms with van der Waals surface area (Å²) in [6.07, 6.45) is 2.37. The van der Waals surface area contributed by atoms with Crippen molar-refractivity contribution < 1.29 is 4.79 Å². The smallest absolute Gasteiger partial charge is 0.252 e. The van der Waals surface area contributed by atoms with Crippen LogP contribution in [-0.2, 0) is 0 Å². The highest BCUT2D eigenvalue weighted by molar-refractivity contribution is 6.06. The van der Waals surface area contributed by atoms with Crippen molar-refractivity contribution in [3.8, 4) is 0 Å². The molecule has 1 aliphatic carbocycles. The highest BCUT2D eigenvalue weighted by Crippen LogP contribution is 2.40. The lowest BCUT2D eigenvalue weighted by molar-refractivity contribution is 0.0952. The van der Waals surface area contributed by atoms with Crippen LogP contribution in [-0.4, -0.2) is 30.5 Å². The van der Waals surface area contributed by atoms with E-state index in [0.717, 1.165) is 22.2 Å². The number of nitrogens with one attached hydrogen (secondary N) is 2. The van der Waals surface area contributed by atoms with Crippen LogP contribution in [0.1, 0.15) is 41.7 Å². The standard InChI is InChI=1S/C17H21N3O/c1-11(18-2)10-19-17(21)14-9-16(12-7-8-12)20-15-6-4-3-5-13(14)15/h3-6,9,11-12,18H,7-8,10H2,1-2H3,(H,19,21). The summed E-state index contributed by atoms with van der Waals surface area (Å²) in [5.74, 6) is 0.523. The van der Waals surface area contributed by atoms with Gasteiger partial charge in [0.1, 0.15) is 0 Å². The molecule has 2 N–H and O–H groups in total. The van der Waals surface area contributed by atoms with Gasteiger partial charge in [-0.05, 0) is 38.9 Å². The number of rotatable bonds is 5. The summed E-state index contributed by atoms with van der Waals surface area (Å²) in [5, 5.41) is 7.05. The van der Waals surface area contributed by atoms with Crippen molar-refractivity contribution in [3.63, 3.8) is 0 Å². The van der Waals surface area contributed by atoms with Gasteiger partial charge in [-0.1, -0.05) is 18.2 Å². The van der Waals surface area contributed by atoms with E-state index in [2.05, 4.69) is 10.6 Å². The molecular formula is C17H21N3O. The van der Waals surface area contributed by atoms with E-state index in [9.17, 15) is 4.79 Å². The first-order valence-corrected chi connectivity index (χ1v) is 7.54. The average Bonchev–Trinajstić information content (AvgIpc) is 3.36. The molecule has 1 atom stereocenters. The number of likely N-dealkylation sites (N-methyl/N-ethyl adjacent to an activating group) is 1. The first-order valence-electron chi connectivity index (χ1n) is 7.54. The van der Waals surface area contributed by atoms with Crippen LogP contribution in [0.2, 0.25) is 0 Å². The number of para-hydroxylation sites is 1. The van der Waals surface area contributed by atoms with Gasteiger partial charge < -0.3 is 10.6 Å². The van der Waals surface area contributed by atoms with Crippen molar-refractivity contribution in [3.05, 3.63) is 41.6 Å². The van der Waals surface area contributed by atoms with Crippen LogP contribution in [0.15, 0.2) is 30.3 Å². The second kappa shape index (κ2) is 5.82. The van der Waals surface area contributed by atoms with Gasteiger partial charge in [0.15, 0.2) is 0 Å². The van der Waals surface area contributed by atoms with Crippen molar-refractivity contribution in [1.29, 1.82) is 0 Å². The maximum absolute atomic E-state index is 12.5. The number of carbonyl (C=O) groups is 1. The van der Waals surface area contributed by atoms with Crippen molar-refractivity contribution in [2.75, 3.05) is 13.6 Å². The molecular weight excluding hydrogens is 262 g/mol. The summed E-state index contributed by atoms with van der Waals surface area (Å²) >= 11 is 0. The van der Waals surface area contributed by atoms with Crippen LogP contribution in [0.4, 0.5) is 0 Å². The van der Waals surface area contributed by atoms with Crippen LogP contribution in [0.5, 0.6) is 0 Å². The zero-order valence-corrected chi connectivity index (χ0v) is 12.5. The summed E-state index contributed by atoms with van der Waals surface area (Å²) in [5.41, 5.74) is 2.71. The van der Waals surface area contributed by atoms with Gasteiger partial charge in [-0.3, -0.25) is 9.78 Å². The Morgan fingerprint density at radius 2 is 2.14 bits per heavy atom. The molecule has 1 aromatic heterocycles. The molecule has 1 aliphatic rings. The van der Waals surface area contributed by atoms with E-state index in [1.165, 1.54) is 12.8 Å². The molecule has 1 saturated carbocycles. The third kappa shape index (κ3) is 3.05. The normalized spacial score (nSPS) is 15.9. The maximum Gasteiger partial charge on any atom is 0.252 e. The Morgan fingerprint density at radius 1 is 1.38 bits per heavy atom. The quantitative estimate of drug-likeness (QED) is 0.886. The predicted molar refractivity (Wildman–Crippen MR) is 84.6 cm³/mol. The Morgan fingerprint density at radius 3 is 2.86 bits per heavy atom. The highest BCUT2D eigenvalue weighted by Gasteiger charge is 2.26. The minimum Gasteiger partial charge on any atom is -0.350 e. The van der Waals surface area contributed by atoms with Gasteiger partial charge >= 0.3 is 0 Å². The van der Waals surface area contributed by atoms with Gasteiger partial charge in [-0.25, -0.2) is 0 Å². The first-order chi connectivity index (χ1) is 10.2. The van der Waals surface area contributed by atoms with Crippen LogP contribution in [0, 0.1) is 0 Å². The molecule has 1 aromatic carbocycles. The molecule has 2 aromatic rings. The average molecular weight is 283 g/mol. The monoisotopic (exact) mass is 283 g/mol. The van der Waals surface area contributed by atoms with E-state index < -0.39 is 0 Å². The largest absolute Gasteiger partial charge is 0.350 e. The minimum absolute atomic E-state index is 0.0161. The molecule has 4 heteroatoms. The van der Waals surface area contributed by atoms with Gasteiger partial charge in [-0.15, -0.1) is 0 Å². The van der Waals surface area contributed by atoms with Crippen LogP contribution in [0.25, 0.3) is 10.9 Å². The number of carbonyl (C=O) groups excluding carboxylic acids is 1. The third-order valence-electron chi connectivity index (χ3n) is 4.04. The van der Waals surface area contributed by atoms with E-state index in [1.807, 2.05) is 44.3 Å². The van der Waals surface area contributed by atoms with Gasteiger partial charge in [0, 0.05) is 29.6 Å². The second-order valence-corrected chi connectivity index (χ2v) is 5.79. The number of hydrogen-bond acceptors (Lipinski definition) is 3. The molecule has 21 heavy (non-hydrogen) atoms. The van der Waals surface area contributed by atoms with Crippen LogP contribution < -0.4 is 10.6 Å². The molecule has 1 unspecified atom stereocenters. The van der Waals surface area contributed by atoms with Crippen molar-refractivity contribution in [2.24, 2.45) is 0 Å². The van der Waals surface area contributed by atoms with E-state index in [1.54, 1.807) is 0 Å². The maximum atomic E-state index is 12.5. The zero-order chi connectivity index (χ0) is 14.8.